The Balaban J connectivity index is 3.44. The van der Waals surface area contributed by atoms with E-state index in [4.69, 9.17) is 21.0 Å². The van der Waals surface area contributed by atoms with Gasteiger partial charge in [0.2, 0.25) is 0 Å². The molecule has 0 unspecified atom stereocenters. The van der Waals surface area contributed by atoms with Crippen molar-refractivity contribution < 1.29 is 14.6 Å². The normalized spacial score (nSPS) is 13.0. The molecule has 0 amide bonds. The summed E-state index contributed by atoms with van der Waals surface area (Å²) in [6.07, 6.45) is 5.11. The lowest BCUT2D eigenvalue weighted by molar-refractivity contribution is -0.109. The van der Waals surface area contributed by atoms with Gasteiger partial charge in [-0.25, -0.2) is 0 Å². The number of aliphatic hydroxyl groups excluding tert-OH is 1. The van der Waals surface area contributed by atoms with Crippen LogP contribution in [0.25, 0.3) is 0 Å². The molecule has 0 radical (unpaired) electrons. The number of aliphatic hydroxyl groups is 1. The van der Waals surface area contributed by atoms with E-state index >= 15 is 0 Å². The summed E-state index contributed by atoms with van der Waals surface area (Å²) in [5, 5.41) is 8.95. The van der Waals surface area contributed by atoms with E-state index in [2.05, 4.69) is 5.92 Å². The van der Waals surface area contributed by atoms with Gasteiger partial charge in [-0.1, -0.05) is 5.92 Å². The van der Waals surface area contributed by atoms with Crippen LogP contribution in [0.5, 0.6) is 0 Å². The molecule has 0 aromatic heterocycles. The molecule has 0 spiro atoms. The predicted octanol–water partition coefficient (Wildman–Crippen LogP) is 0.380. The van der Waals surface area contributed by atoms with E-state index in [1.807, 2.05) is 0 Å². The van der Waals surface area contributed by atoms with Gasteiger partial charge in [-0.3, -0.25) is 0 Å². The van der Waals surface area contributed by atoms with Crippen molar-refractivity contribution in [1.82, 2.24) is 0 Å². The van der Waals surface area contributed by atoms with Gasteiger partial charge in [-0.15, -0.1) is 6.42 Å². The van der Waals surface area contributed by atoms with Crippen LogP contribution >= 0.6 is 0 Å². The van der Waals surface area contributed by atoms with Gasteiger partial charge in [0.1, 0.15) is 6.10 Å². The molecule has 0 heterocycles. The fourth-order valence-corrected chi connectivity index (χ4v) is 0.709. The number of terminal acetylenes is 1. The molecule has 3 heteroatoms. The van der Waals surface area contributed by atoms with Gasteiger partial charge in [0.15, 0.2) is 6.29 Å². The second kappa shape index (κ2) is 6.17. The zero-order valence-corrected chi connectivity index (χ0v) is 6.91. The van der Waals surface area contributed by atoms with Gasteiger partial charge < -0.3 is 14.6 Å². The minimum absolute atomic E-state index is 0.266. The molecular weight excluding hydrogens is 144 g/mol. The third kappa shape index (κ3) is 4.79. The lowest BCUT2D eigenvalue weighted by Gasteiger charge is -2.13. The van der Waals surface area contributed by atoms with Crippen LogP contribution in [0.15, 0.2) is 0 Å². The minimum Gasteiger partial charge on any atom is -0.380 e. The molecule has 1 atom stereocenters. The molecule has 0 aliphatic carbocycles. The van der Waals surface area contributed by atoms with Crippen LogP contribution in [0.1, 0.15) is 12.8 Å². The summed E-state index contributed by atoms with van der Waals surface area (Å²) in [6, 6.07) is 0. The van der Waals surface area contributed by atoms with E-state index in [9.17, 15) is 0 Å². The van der Waals surface area contributed by atoms with Crippen LogP contribution in [0, 0.1) is 12.3 Å². The lowest BCUT2D eigenvalue weighted by atomic mass is 10.2. The summed E-state index contributed by atoms with van der Waals surface area (Å²) in [6.45, 7) is 0. The molecule has 0 aliphatic heterocycles. The summed E-state index contributed by atoms with van der Waals surface area (Å²) in [4.78, 5) is 0. The van der Waals surface area contributed by atoms with E-state index < -0.39 is 6.10 Å². The Morgan fingerprint density at radius 1 is 1.36 bits per heavy atom. The second-order valence-electron chi connectivity index (χ2n) is 2.16. The molecule has 0 aromatic carbocycles. The fourth-order valence-electron chi connectivity index (χ4n) is 0.709. The Kier molecular flexibility index (Phi) is 5.86. The Morgan fingerprint density at radius 3 is 2.27 bits per heavy atom. The van der Waals surface area contributed by atoms with Gasteiger partial charge in [-0.05, 0) is 6.42 Å². The highest BCUT2D eigenvalue weighted by atomic mass is 16.7. The molecule has 0 saturated heterocycles. The van der Waals surface area contributed by atoms with Crippen LogP contribution in [0.4, 0.5) is 0 Å². The smallest absolute Gasteiger partial charge is 0.156 e. The van der Waals surface area contributed by atoms with E-state index in [0.717, 1.165) is 0 Å². The first-order valence-corrected chi connectivity index (χ1v) is 3.44. The molecule has 0 saturated carbocycles. The van der Waals surface area contributed by atoms with Gasteiger partial charge in [0, 0.05) is 20.6 Å². The Morgan fingerprint density at radius 2 is 1.91 bits per heavy atom. The largest absolute Gasteiger partial charge is 0.380 e. The predicted molar refractivity (Wildman–Crippen MR) is 41.9 cm³/mol. The van der Waals surface area contributed by atoms with Gasteiger partial charge >= 0.3 is 0 Å². The summed E-state index contributed by atoms with van der Waals surface area (Å²) < 4.78 is 9.78. The average molecular weight is 158 g/mol. The third-order valence-corrected chi connectivity index (χ3v) is 1.39. The molecule has 0 rings (SSSR count). The fraction of sp³-hybridized carbons (Fsp3) is 0.750. The molecular formula is C8H14O3. The first-order chi connectivity index (χ1) is 5.24. The zero-order chi connectivity index (χ0) is 8.69. The zero-order valence-electron chi connectivity index (χ0n) is 6.91. The standard InChI is InChI=1S/C8H14O3/c1-4-7(9)5-6-8(10-2)11-3/h1,7-9H,5-6H2,2-3H3/t7-/m1/s1. The first kappa shape index (κ1) is 10.4. The van der Waals surface area contributed by atoms with Crippen LogP contribution < -0.4 is 0 Å². The van der Waals surface area contributed by atoms with Crippen LogP contribution in [-0.4, -0.2) is 31.7 Å². The maximum atomic E-state index is 8.95. The van der Waals surface area contributed by atoms with E-state index in [1.165, 1.54) is 0 Å². The summed E-state index contributed by atoms with van der Waals surface area (Å²) in [5.41, 5.74) is 0. The SMILES string of the molecule is C#C[C@@H](O)CCC(OC)OC. The highest BCUT2D eigenvalue weighted by Crippen LogP contribution is 2.04. The molecule has 0 aromatic rings. The van der Waals surface area contributed by atoms with Crippen LogP contribution in [0.2, 0.25) is 0 Å². The van der Waals surface area contributed by atoms with Crippen molar-refractivity contribution in [3.05, 3.63) is 0 Å². The first-order valence-electron chi connectivity index (χ1n) is 3.44. The van der Waals surface area contributed by atoms with Gasteiger partial charge in [-0.2, -0.15) is 0 Å². The number of hydrogen-bond donors (Lipinski definition) is 1. The van der Waals surface area contributed by atoms with Crippen molar-refractivity contribution in [2.24, 2.45) is 0 Å². The summed E-state index contributed by atoms with van der Waals surface area (Å²) in [7, 11) is 3.10. The Hall–Kier alpha value is -0.560. The van der Waals surface area contributed by atoms with E-state index in [1.54, 1.807) is 14.2 Å². The Bertz CT molecular complexity index is 124. The molecule has 1 N–H and O–H groups in total. The quantitative estimate of drug-likeness (QED) is 0.464. The summed E-state index contributed by atoms with van der Waals surface area (Å²) >= 11 is 0. The highest BCUT2D eigenvalue weighted by Gasteiger charge is 2.07. The van der Waals surface area contributed by atoms with Crippen molar-refractivity contribution in [3.63, 3.8) is 0 Å². The monoisotopic (exact) mass is 158 g/mol. The van der Waals surface area contributed by atoms with Crippen LogP contribution in [-0.2, 0) is 9.47 Å². The Labute approximate surface area is 67.3 Å². The van der Waals surface area contributed by atoms with E-state index in [-0.39, 0.29) is 6.29 Å². The maximum Gasteiger partial charge on any atom is 0.156 e. The molecule has 0 fully saturated rings. The molecule has 11 heavy (non-hydrogen) atoms. The molecule has 0 bridgehead atoms. The number of methoxy groups -OCH3 is 2. The highest BCUT2D eigenvalue weighted by molar-refractivity contribution is 4.92. The molecule has 64 valence electrons. The van der Waals surface area contributed by atoms with Gasteiger partial charge in [0.25, 0.3) is 0 Å². The summed E-state index contributed by atoms with van der Waals surface area (Å²) in [5.74, 6) is 2.21. The topological polar surface area (TPSA) is 38.7 Å². The average Bonchev–Trinajstić information content (AvgIpc) is 2.06. The van der Waals surface area contributed by atoms with Crippen molar-refractivity contribution >= 4 is 0 Å². The molecule has 3 nitrogen and oxygen atoms in total. The number of hydrogen-bond acceptors (Lipinski definition) is 3. The van der Waals surface area contributed by atoms with Crippen molar-refractivity contribution in [3.8, 4) is 12.3 Å². The maximum absolute atomic E-state index is 8.95. The lowest BCUT2D eigenvalue weighted by Crippen LogP contribution is -2.15. The van der Waals surface area contributed by atoms with Crippen molar-refractivity contribution in [1.29, 1.82) is 0 Å². The third-order valence-electron chi connectivity index (χ3n) is 1.39. The van der Waals surface area contributed by atoms with Crippen LogP contribution in [0.3, 0.4) is 0 Å². The number of ether oxygens (including phenoxy) is 2. The van der Waals surface area contributed by atoms with Crippen molar-refractivity contribution in [2.45, 2.75) is 25.2 Å². The molecule has 0 aliphatic rings. The minimum atomic E-state index is -0.692. The number of rotatable bonds is 5. The van der Waals surface area contributed by atoms with E-state index in [0.29, 0.717) is 12.8 Å². The van der Waals surface area contributed by atoms with Crippen molar-refractivity contribution in [2.75, 3.05) is 14.2 Å². The van der Waals surface area contributed by atoms with Gasteiger partial charge in [0.05, 0.1) is 0 Å². The second-order valence-corrected chi connectivity index (χ2v) is 2.16.